The molecule has 112 valence electrons. The van der Waals surface area contributed by atoms with Crippen molar-refractivity contribution in [3.8, 4) is 5.75 Å². The Morgan fingerprint density at radius 3 is 2.60 bits per heavy atom. The minimum atomic E-state index is 0.189. The van der Waals surface area contributed by atoms with E-state index in [9.17, 15) is 0 Å². The van der Waals surface area contributed by atoms with Crippen LogP contribution in [0.3, 0.4) is 0 Å². The lowest BCUT2D eigenvalue weighted by molar-refractivity contribution is 0.111. The van der Waals surface area contributed by atoms with Crippen LogP contribution in [0.1, 0.15) is 44.7 Å². The van der Waals surface area contributed by atoms with E-state index in [-0.39, 0.29) is 6.04 Å². The quantitative estimate of drug-likeness (QED) is 0.897. The van der Waals surface area contributed by atoms with Gasteiger partial charge in [-0.3, -0.25) is 4.90 Å². The van der Waals surface area contributed by atoms with Gasteiger partial charge in [0.05, 0.1) is 7.11 Å². The van der Waals surface area contributed by atoms with Gasteiger partial charge in [0.1, 0.15) is 5.75 Å². The molecule has 0 saturated carbocycles. The molecular weight excluding hydrogens is 248 g/mol. The fraction of sp³-hybridized carbons (Fsp3) is 0.647. The Balaban J connectivity index is 2.21. The lowest BCUT2D eigenvalue weighted by atomic mass is 9.91. The first kappa shape index (κ1) is 15.3. The first-order chi connectivity index (χ1) is 9.65. The first-order valence-corrected chi connectivity index (χ1v) is 7.79. The summed E-state index contributed by atoms with van der Waals surface area (Å²) in [4.78, 5) is 2.57. The molecule has 1 saturated heterocycles. The average Bonchev–Trinajstić information content (AvgIpc) is 2.48. The van der Waals surface area contributed by atoms with Gasteiger partial charge in [0.15, 0.2) is 0 Å². The number of hydrogen-bond donors (Lipinski definition) is 1. The Kier molecular flexibility index (Phi) is 5.44. The zero-order chi connectivity index (χ0) is 14.5. The number of nitrogens with zero attached hydrogens (tertiary/aromatic N) is 1. The highest BCUT2D eigenvalue weighted by Gasteiger charge is 2.28. The molecule has 0 radical (unpaired) electrons. The van der Waals surface area contributed by atoms with Gasteiger partial charge in [-0.2, -0.15) is 0 Å². The lowest BCUT2D eigenvalue weighted by Gasteiger charge is -2.40. The second-order valence-corrected chi connectivity index (χ2v) is 6.03. The molecule has 0 amide bonds. The highest BCUT2D eigenvalue weighted by Crippen LogP contribution is 2.30. The normalized spacial score (nSPS) is 23.3. The van der Waals surface area contributed by atoms with Crippen LogP contribution in [0.4, 0.5) is 0 Å². The summed E-state index contributed by atoms with van der Waals surface area (Å²) < 4.78 is 5.25. The molecule has 2 rings (SSSR count). The van der Waals surface area contributed by atoms with Crippen molar-refractivity contribution >= 4 is 0 Å². The number of piperidine rings is 1. The molecule has 1 aromatic rings. The minimum Gasteiger partial charge on any atom is -0.497 e. The summed E-state index contributed by atoms with van der Waals surface area (Å²) in [5, 5.41) is 0. The third-order valence-electron chi connectivity index (χ3n) is 4.42. The van der Waals surface area contributed by atoms with Crippen LogP contribution < -0.4 is 10.5 Å². The summed E-state index contributed by atoms with van der Waals surface area (Å²) in [7, 11) is 1.70. The molecule has 2 N–H and O–H groups in total. The van der Waals surface area contributed by atoms with Gasteiger partial charge < -0.3 is 10.5 Å². The standard InChI is InChI=1S/C17H28N2O/c1-4-16(18)17(19-11-5-6-13(2)12-19)14-7-9-15(20-3)10-8-14/h7-10,13,16-17H,4-6,11-12,18H2,1-3H3. The molecule has 1 heterocycles. The van der Waals surface area contributed by atoms with Crippen molar-refractivity contribution in [1.82, 2.24) is 4.90 Å². The average molecular weight is 276 g/mol. The predicted octanol–water partition coefficient (Wildman–Crippen LogP) is 3.21. The van der Waals surface area contributed by atoms with E-state index in [1.165, 1.54) is 18.4 Å². The summed E-state index contributed by atoms with van der Waals surface area (Å²) in [5.74, 6) is 1.68. The van der Waals surface area contributed by atoms with E-state index in [0.29, 0.717) is 6.04 Å². The Morgan fingerprint density at radius 2 is 2.05 bits per heavy atom. The molecule has 1 aliphatic rings. The Labute approximate surface area is 123 Å². The summed E-state index contributed by atoms with van der Waals surface area (Å²) >= 11 is 0. The molecule has 1 aliphatic heterocycles. The third kappa shape index (κ3) is 3.53. The van der Waals surface area contributed by atoms with Gasteiger partial charge in [0, 0.05) is 18.6 Å². The zero-order valence-electron chi connectivity index (χ0n) is 13.0. The van der Waals surface area contributed by atoms with Crippen LogP contribution in [0.5, 0.6) is 5.75 Å². The highest BCUT2D eigenvalue weighted by molar-refractivity contribution is 5.30. The van der Waals surface area contributed by atoms with E-state index >= 15 is 0 Å². The SMILES string of the molecule is CCC(N)C(c1ccc(OC)cc1)N1CCCC(C)C1. The number of likely N-dealkylation sites (tertiary alicyclic amines) is 1. The van der Waals surface area contributed by atoms with Crippen molar-refractivity contribution in [2.75, 3.05) is 20.2 Å². The maximum Gasteiger partial charge on any atom is 0.118 e. The fourth-order valence-electron chi connectivity index (χ4n) is 3.23. The van der Waals surface area contributed by atoms with E-state index in [0.717, 1.165) is 31.2 Å². The van der Waals surface area contributed by atoms with Crippen LogP contribution >= 0.6 is 0 Å². The number of nitrogens with two attached hydrogens (primary N) is 1. The molecule has 3 unspecified atom stereocenters. The van der Waals surface area contributed by atoms with Crippen LogP contribution in [0.25, 0.3) is 0 Å². The molecule has 0 aliphatic carbocycles. The number of rotatable bonds is 5. The van der Waals surface area contributed by atoms with E-state index in [2.05, 4.69) is 30.9 Å². The van der Waals surface area contributed by atoms with E-state index < -0.39 is 0 Å². The van der Waals surface area contributed by atoms with Gasteiger partial charge in [-0.25, -0.2) is 0 Å². The smallest absolute Gasteiger partial charge is 0.118 e. The van der Waals surface area contributed by atoms with Crippen molar-refractivity contribution < 1.29 is 4.74 Å². The van der Waals surface area contributed by atoms with Crippen LogP contribution in [0, 0.1) is 5.92 Å². The minimum absolute atomic E-state index is 0.189. The second-order valence-electron chi connectivity index (χ2n) is 6.03. The van der Waals surface area contributed by atoms with Crippen molar-refractivity contribution in [1.29, 1.82) is 0 Å². The largest absolute Gasteiger partial charge is 0.497 e. The Morgan fingerprint density at radius 1 is 1.35 bits per heavy atom. The maximum atomic E-state index is 6.42. The fourth-order valence-corrected chi connectivity index (χ4v) is 3.23. The van der Waals surface area contributed by atoms with Crippen molar-refractivity contribution in [2.45, 2.75) is 45.2 Å². The third-order valence-corrected chi connectivity index (χ3v) is 4.42. The first-order valence-electron chi connectivity index (χ1n) is 7.79. The van der Waals surface area contributed by atoms with Gasteiger partial charge in [-0.1, -0.05) is 26.0 Å². The van der Waals surface area contributed by atoms with Crippen molar-refractivity contribution in [2.24, 2.45) is 11.7 Å². The van der Waals surface area contributed by atoms with Crippen LogP contribution in [-0.2, 0) is 0 Å². The lowest BCUT2D eigenvalue weighted by Crippen LogP contribution is -2.45. The predicted molar refractivity (Wildman–Crippen MR) is 84.0 cm³/mol. The van der Waals surface area contributed by atoms with E-state index in [1.54, 1.807) is 7.11 Å². The Hall–Kier alpha value is -1.06. The van der Waals surface area contributed by atoms with Crippen molar-refractivity contribution in [3.63, 3.8) is 0 Å². The van der Waals surface area contributed by atoms with Gasteiger partial charge in [-0.05, 0) is 49.4 Å². The molecule has 0 bridgehead atoms. The maximum absolute atomic E-state index is 6.42. The number of benzene rings is 1. The molecule has 1 fully saturated rings. The Bertz CT molecular complexity index is 404. The number of methoxy groups -OCH3 is 1. The highest BCUT2D eigenvalue weighted by atomic mass is 16.5. The van der Waals surface area contributed by atoms with Gasteiger partial charge in [0.25, 0.3) is 0 Å². The van der Waals surface area contributed by atoms with Crippen LogP contribution in [0.15, 0.2) is 24.3 Å². The second kappa shape index (κ2) is 7.09. The van der Waals surface area contributed by atoms with Crippen molar-refractivity contribution in [3.05, 3.63) is 29.8 Å². The molecule has 3 heteroatoms. The molecule has 0 spiro atoms. The van der Waals surface area contributed by atoms with Gasteiger partial charge in [-0.15, -0.1) is 0 Å². The monoisotopic (exact) mass is 276 g/mol. The van der Waals surface area contributed by atoms with Gasteiger partial charge >= 0.3 is 0 Å². The molecule has 3 atom stereocenters. The molecule has 1 aromatic carbocycles. The van der Waals surface area contributed by atoms with Crippen LogP contribution in [-0.4, -0.2) is 31.1 Å². The summed E-state index contributed by atoms with van der Waals surface area (Å²) in [6.07, 6.45) is 3.62. The number of hydrogen-bond acceptors (Lipinski definition) is 3. The molecular formula is C17H28N2O. The molecule has 0 aromatic heterocycles. The van der Waals surface area contributed by atoms with Crippen LogP contribution in [0.2, 0.25) is 0 Å². The summed E-state index contributed by atoms with van der Waals surface area (Å²) in [6.45, 7) is 6.84. The van der Waals surface area contributed by atoms with Gasteiger partial charge in [0.2, 0.25) is 0 Å². The summed E-state index contributed by atoms with van der Waals surface area (Å²) in [6, 6.07) is 8.93. The van der Waals surface area contributed by atoms with E-state index in [4.69, 9.17) is 10.5 Å². The molecule has 20 heavy (non-hydrogen) atoms. The summed E-state index contributed by atoms with van der Waals surface area (Å²) in [5.41, 5.74) is 7.74. The zero-order valence-corrected chi connectivity index (χ0v) is 13.0. The number of ether oxygens (including phenoxy) is 1. The topological polar surface area (TPSA) is 38.5 Å². The molecule has 3 nitrogen and oxygen atoms in total. The van der Waals surface area contributed by atoms with E-state index in [1.807, 2.05) is 12.1 Å².